The first-order valence-electron chi connectivity index (χ1n) is 12.3. The van der Waals surface area contributed by atoms with Crippen LogP contribution >= 0.6 is 0 Å². The molecule has 200 valence electrons. The molecule has 3 unspecified atom stereocenters. The van der Waals surface area contributed by atoms with E-state index in [1.165, 1.54) is 0 Å². The molecule has 0 radical (unpaired) electrons. The largest absolute Gasteiger partial charge is 0.480 e. The van der Waals surface area contributed by atoms with Gasteiger partial charge in [-0.2, -0.15) is 0 Å². The topological polar surface area (TPSA) is 64.6 Å². The minimum Gasteiger partial charge on any atom is -0.416 e. The molecule has 0 saturated heterocycles. The average molecular weight is 543 g/mol. The molecule has 0 fully saturated rings. The number of hydrogen-bond donors (Lipinski definition) is 0. The number of hydrogen-bond acceptors (Lipinski definition) is 7. The van der Waals surface area contributed by atoms with E-state index < -0.39 is 39.8 Å². The van der Waals surface area contributed by atoms with E-state index in [1.54, 1.807) is 7.11 Å². The van der Waals surface area contributed by atoms with Gasteiger partial charge in [-0.15, -0.1) is 0 Å². The first-order valence-corrected chi connectivity index (χ1v) is 23.6. The molecule has 3 atom stereocenters. The van der Waals surface area contributed by atoms with Crippen LogP contribution in [0.25, 0.3) is 0 Å². The van der Waals surface area contributed by atoms with Crippen molar-refractivity contribution in [1.82, 2.24) is 0 Å². The zero-order chi connectivity index (χ0) is 26.2. The third-order valence-electron chi connectivity index (χ3n) is 5.16. The van der Waals surface area contributed by atoms with Gasteiger partial charge in [-0.3, -0.25) is 0 Å². The Morgan fingerprint density at radius 3 is 1.58 bits per heavy atom. The van der Waals surface area contributed by atoms with Gasteiger partial charge in [0.25, 0.3) is 0 Å². The van der Waals surface area contributed by atoms with Crippen molar-refractivity contribution in [3.05, 3.63) is 0 Å². The summed E-state index contributed by atoms with van der Waals surface area (Å²) in [4.78, 5) is 0. The number of ether oxygens (including phenoxy) is 2. The van der Waals surface area contributed by atoms with E-state index in [4.69, 9.17) is 30.7 Å². The molecule has 0 aromatic carbocycles. The van der Waals surface area contributed by atoms with Gasteiger partial charge < -0.3 is 30.7 Å². The first-order chi connectivity index (χ1) is 14.7. The predicted molar refractivity (Wildman–Crippen MR) is 146 cm³/mol. The SMILES string of the molecule is CCC(C)(C)OCCC(C)(CC)O[Si](C)(O[Si](C)(C)C)O[Si](C)(OCCOC)O[Si](C)(C)C. The zero-order valence-corrected chi connectivity index (χ0v) is 28.1. The van der Waals surface area contributed by atoms with Gasteiger partial charge in [-0.25, -0.2) is 0 Å². The molecule has 0 amide bonds. The Hall–Kier alpha value is 0.588. The summed E-state index contributed by atoms with van der Waals surface area (Å²) in [6, 6.07) is 0. The van der Waals surface area contributed by atoms with Crippen molar-refractivity contribution in [2.24, 2.45) is 0 Å². The molecule has 0 spiro atoms. The van der Waals surface area contributed by atoms with Crippen LogP contribution in [0, 0.1) is 0 Å². The lowest BCUT2D eigenvalue weighted by Gasteiger charge is -2.44. The number of rotatable bonds is 18. The molecule has 0 aliphatic carbocycles. The molecule has 7 nitrogen and oxygen atoms in total. The average Bonchev–Trinajstić information content (AvgIpc) is 2.57. The van der Waals surface area contributed by atoms with Gasteiger partial charge >= 0.3 is 17.6 Å². The highest BCUT2D eigenvalue weighted by Gasteiger charge is 2.53. The van der Waals surface area contributed by atoms with E-state index in [-0.39, 0.29) is 5.60 Å². The fourth-order valence-electron chi connectivity index (χ4n) is 3.29. The minimum atomic E-state index is -3.14. The second-order valence-electron chi connectivity index (χ2n) is 11.7. The lowest BCUT2D eigenvalue weighted by molar-refractivity contribution is -0.0599. The van der Waals surface area contributed by atoms with Gasteiger partial charge in [-0.05, 0) is 79.3 Å². The van der Waals surface area contributed by atoms with Crippen LogP contribution in [0.4, 0.5) is 0 Å². The Labute approximate surface area is 209 Å². The third kappa shape index (κ3) is 15.3. The summed E-state index contributed by atoms with van der Waals surface area (Å²) in [5.41, 5.74) is -0.585. The highest BCUT2D eigenvalue weighted by molar-refractivity contribution is 6.86. The van der Waals surface area contributed by atoms with Crippen LogP contribution in [0.5, 0.6) is 0 Å². The maximum atomic E-state index is 6.82. The van der Waals surface area contributed by atoms with Crippen molar-refractivity contribution in [2.45, 2.75) is 117 Å². The summed E-state index contributed by atoms with van der Waals surface area (Å²) in [5.74, 6) is 0. The second kappa shape index (κ2) is 13.2. The predicted octanol–water partition coefficient (Wildman–Crippen LogP) is 6.29. The van der Waals surface area contributed by atoms with Gasteiger partial charge in [0.05, 0.1) is 24.4 Å². The zero-order valence-electron chi connectivity index (χ0n) is 24.1. The summed E-state index contributed by atoms with van der Waals surface area (Å²) in [5, 5.41) is 0. The van der Waals surface area contributed by atoms with Crippen LogP contribution in [-0.2, 0) is 30.7 Å². The van der Waals surface area contributed by atoms with Crippen molar-refractivity contribution < 1.29 is 30.7 Å². The maximum Gasteiger partial charge on any atom is 0.480 e. The summed E-state index contributed by atoms with van der Waals surface area (Å²) in [6.45, 7) is 29.0. The second-order valence-corrected chi connectivity index (χ2v) is 26.6. The molecule has 0 aromatic heterocycles. The summed E-state index contributed by atoms with van der Waals surface area (Å²) in [7, 11) is -8.48. The molecule has 0 aliphatic heterocycles. The van der Waals surface area contributed by atoms with Crippen LogP contribution in [0.3, 0.4) is 0 Å². The highest BCUT2D eigenvalue weighted by atomic mass is 28.5. The van der Waals surface area contributed by atoms with Crippen molar-refractivity contribution >= 4 is 34.2 Å². The Balaban J connectivity index is 5.83. The smallest absolute Gasteiger partial charge is 0.416 e. The van der Waals surface area contributed by atoms with Gasteiger partial charge in [0.15, 0.2) is 16.6 Å². The Bertz CT molecular complexity index is 568. The molecule has 0 heterocycles. The van der Waals surface area contributed by atoms with Crippen molar-refractivity contribution in [3.63, 3.8) is 0 Å². The van der Waals surface area contributed by atoms with E-state index in [2.05, 4.69) is 73.9 Å². The molecule has 0 N–H and O–H groups in total. The Kier molecular flexibility index (Phi) is 13.5. The third-order valence-corrected chi connectivity index (χ3v) is 17.6. The fourth-order valence-corrected chi connectivity index (χ4v) is 18.4. The molecule has 0 aliphatic rings. The molecule has 0 aromatic rings. The Morgan fingerprint density at radius 1 is 0.636 bits per heavy atom. The van der Waals surface area contributed by atoms with Crippen LogP contribution in [0.15, 0.2) is 0 Å². The van der Waals surface area contributed by atoms with Crippen LogP contribution in [-0.4, -0.2) is 72.4 Å². The standard InChI is InChI=1S/C22H54O7Si4/c1-15-21(3,4)24-18-17-22(5,16-2)26-33(14,28-31(10,11)12)29-32(13,25-20-19-23-6)27-30(7,8)9/h15-20H2,1-14H3. The molecular formula is C22H54O7Si4. The minimum absolute atomic E-state index is 0.146. The van der Waals surface area contributed by atoms with Crippen molar-refractivity contribution in [2.75, 3.05) is 26.9 Å². The fraction of sp³-hybridized carbons (Fsp3) is 1.00. The van der Waals surface area contributed by atoms with Crippen LogP contribution in [0.1, 0.15) is 53.9 Å². The molecule has 0 bridgehead atoms. The van der Waals surface area contributed by atoms with E-state index in [1.807, 2.05) is 13.1 Å². The maximum absolute atomic E-state index is 6.82. The van der Waals surface area contributed by atoms with Gasteiger partial charge in [0.2, 0.25) is 0 Å². The van der Waals surface area contributed by atoms with E-state index in [9.17, 15) is 0 Å². The van der Waals surface area contributed by atoms with Gasteiger partial charge in [0.1, 0.15) is 0 Å². The van der Waals surface area contributed by atoms with E-state index >= 15 is 0 Å². The molecule has 0 saturated carbocycles. The summed E-state index contributed by atoms with van der Waals surface area (Å²) < 4.78 is 44.3. The lowest BCUT2D eigenvalue weighted by Crippen LogP contribution is -2.63. The lowest BCUT2D eigenvalue weighted by atomic mass is 9.99. The molecular weight excluding hydrogens is 489 g/mol. The number of methoxy groups -OCH3 is 1. The quantitative estimate of drug-likeness (QED) is 0.149. The van der Waals surface area contributed by atoms with Crippen LogP contribution in [0.2, 0.25) is 52.4 Å². The first kappa shape index (κ1) is 33.6. The van der Waals surface area contributed by atoms with Crippen molar-refractivity contribution in [1.29, 1.82) is 0 Å². The van der Waals surface area contributed by atoms with E-state index in [0.29, 0.717) is 19.8 Å². The van der Waals surface area contributed by atoms with Crippen molar-refractivity contribution in [3.8, 4) is 0 Å². The van der Waals surface area contributed by atoms with Gasteiger partial charge in [0, 0.05) is 26.8 Å². The molecule has 11 heteroatoms. The van der Waals surface area contributed by atoms with E-state index in [0.717, 1.165) is 19.3 Å². The van der Waals surface area contributed by atoms with Crippen LogP contribution < -0.4 is 0 Å². The van der Waals surface area contributed by atoms with Gasteiger partial charge in [-0.1, -0.05) is 13.8 Å². The highest BCUT2D eigenvalue weighted by Crippen LogP contribution is 2.32. The Morgan fingerprint density at radius 2 is 1.15 bits per heavy atom. The monoisotopic (exact) mass is 542 g/mol. The summed E-state index contributed by atoms with van der Waals surface area (Å²) >= 11 is 0. The summed E-state index contributed by atoms with van der Waals surface area (Å²) in [6.07, 6.45) is 2.54. The molecule has 0 rings (SSSR count). The molecule has 33 heavy (non-hydrogen) atoms. The normalized spacial score (nSPS) is 19.1.